The third-order valence-corrected chi connectivity index (χ3v) is 3.96. The summed E-state index contributed by atoms with van der Waals surface area (Å²) in [4.78, 5) is 2.37. The molecule has 0 unspecified atom stereocenters. The molecule has 0 amide bonds. The molecule has 18 heavy (non-hydrogen) atoms. The molecule has 94 valence electrons. The maximum absolute atomic E-state index is 13.3. The molecule has 2 atom stereocenters. The first kappa shape index (κ1) is 11.6. The summed E-state index contributed by atoms with van der Waals surface area (Å²) in [5.74, 6) is 1.17. The number of rotatable bonds is 2. The van der Waals surface area contributed by atoms with E-state index in [1.54, 1.807) is 6.07 Å². The van der Waals surface area contributed by atoms with Gasteiger partial charge in [-0.3, -0.25) is 4.90 Å². The van der Waals surface area contributed by atoms with Gasteiger partial charge in [0, 0.05) is 19.6 Å². The van der Waals surface area contributed by atoms with E-state index in [1.165, 1.54) is 12.1 Å². The second kappa shape index (κ2) is 4.68. The van der Waals surface area contributed by atoms with E-state index < -0.39 is 0 Å². The van der Waals surface area contributed by atoms with Crippen LogP contribution in [-0.4, -0.2) is 31.1 Å². The van der Waals surface area contributed by atoms with Gasteiger partial charge in [0.05, 0.1) is 11.6 Å². The molecular formula is C14H16FN3. The molecule has 4 heteroatoms. The molecule has 3 rings (SSSR count). The summed E-state index contributed by atoms with van der Waals surface area (Å²) in [6.07, 6.45) is 0. The van der Waals surface area contributed by atoms with E-state index in [4.69, 9.17) is 5.26 Å². The summed E-state index contributed by atoms with van der Waals surface area (Å²) in [7, 11) is 0. The van der Waals surface area contributed by atoms with E-state index >= 15 is 0 Å². The molecule has 0 spiro atoms. The highest BCUT2D eigenvalue weighted by atomic mass is 19.1. The van der Waals surface area contributed by atoms with Gasteiger partial charge in [-0.05, 0) is 48.7 Å². The van der Waals surface area contributed by atoms with Gasteiger partial charge in [0.15, 0.2) is 0 Å². The average Bonchev–Trinajstić information content (AvgIpc) is 2.88. The summed E-state index contributed by atoms with van der Waals surface area (Å²) < 4.78 is 13.3. The van der Waals surface area contributed by atoms with Crippen LogP contribution in [0.5, 0.6) is 0 Å². The number of halogens is 1. The zero-order chi connectivity index (χ0) is 12.5. The topological polar surface area (TPSA) is 39.1 Å². The van der Waals surface area contributed by atoms with Crippen molar-refractivity contribution in [2.75, 3.05) is 26.2 Å². The van der Waals surface area contributed by atoms with Crippen molar-refractivity contribution in [1.82, 2.24) is 10.2 Å². The standard InChI is InChI=1S/C14H16FN3/c15-14-2-10(4-16)1-11(3-14)7-18-8-12-5-17-6-13(12)9-18/h1-3,12-13,17H,5-9H2/t12-,13+. The van der Waals surface area contributed by atoms with Crippen molar-refractivity contribution in [3.05, 3.63) is 35.1 Å². The third-order valence-electron chi connectivity index (χ3n) is 3.96. The Kier molecular flexibility index (Phi) is 3.02. The number of nitrogens with one attached hydrogen (secondary N) is 1. The summed E-state index contributed by atoms with van der Waals surface area (Å²) in [5, 5.41) is 12.2. The number of likely N-dealkylation sites (tertiary alicyclic amines) is 1. The highest BCUT2D eigenvalue weighted by molar-refractivity contribution is 5.33. The lowest BCUT2D eigenvalue weighted by atomic mass is 10.0. The first-order valence-electron chi connectivity index (χ1n) is 6.37. The molecule has 0 saturated carbocycles. The fourth-order valence-corrected chi connectivity index (χ4v) is 3.15. The fraction of sp³-hybridized carbons (Fsp3) is 0.500. The molecule has 0 bridgehead atoms. The van der Waals surface area contributed by atoms with Gasteiger partial charge in [0.2, 0.25) is 0 Å². The van der Waals surface area contributed by atoms with Gasteiger partial charge in [-0.25, -0.2) is 4.39 Å². The van der Waals surface area contributed by atoms with Crippen LogP contribution in [0.25, 0.3) is 0 Å². The van der Waals surface area contributed by atoms with Crippen molar-refractivity contribution in [3.8, 4) is 6.07 Å². The number of hydrogen-bond acceptors (Lipinski definition) is 3. The Morgan fingerprint density at radius 3 is 2.67 bits per heavy atom. The molecule has 3 nitrogen and oxygen atoms in total. The molecule has 2 aliphatic heterocycles. The second-order valence-corrected chi connectivity index (χ2v) is 5.33. The highest BCUT2D eigenvalue weighted by Crippen LogP contribution is 2.27. The number of benzene rings is 1. The molecule has 1 aromatic rings. The molecule has 2 aliphatic rings. The van der Waals surface area contributed by atoms with Crippen LogP contribution in [0.15, 0.2) is 18.2 Å². The molecule has 0 radical (unpaired) electrons. The average molecular weight is 245 g/mol. The van der Waals surface area contributed by atoms with Gasteiger partial charge in [-0.1, -0.05) is 0 Å². The molecule has 2 saturated heterocycles. The first-order chi connectivity index (χ1) is 8.74. The summed E-state index contributed by atoms with van der Waals surface area (Å²) >= 11 is 0. The van der Waals surface area contributed by atoms with Crippen LogP contribution in [0.4, 0.5) is 4.39 Å². The van der Waals surface area contributed by atoms with Crippen LogP contribution in [-0.2, 0) is 6.54 Å². The Morgan fingerprint density at radius 2 is 2.00 bits per heavy atom. The van der Waals surface area contributed by atoms with Crippen molar-refractivity contribution < 1.29 is 4.39 Å². The van der Waals surface area contributed by atoms with Crippen LogP contribution in [0.2, 0.25) is 0 Å². The summed E-state index contributed by atoms with van der Waals surface area (Å²) in [6.45, 7) is 5.12. The highest BCUT2D eigenvalue weighted by Gasteiger charge is 2.35. The van der Waals surface area contributed by atoms with Gasteiger partial charge in [-0.2, -0.15) is 5.26 Å². The Hall–Kier alpha value is -1.44. The van der Waals surface area contributed by atoms with Crippen LogP contribution >= 0.6 is 0 Å². The monoisotopic (exact) mass is 245 g/mol. The number of hydrogen-bond donors (Lipinski definition) is 1. The van der Waals surface area contributed by atoms with E-state index in [2.05, 4.69) is 10.2 Å². The van der Waals surface area contributed by atoms with Crippen molar-refractivity contribution in [1.29, 1.82) is 5.26 Å². The number of nitriles is 1. The van der Waals surface area contributed by atoms with Gasteiger partial charge in [0.1, 0.15) is 5.82 Å². The van der Waals surface area contributed by atoms with Crippen molar-refractivity contribution >= 4 is 0 Å². The zero-order valence-electron chi connectivity index (χ0n) is 10.2. The van der Waals surface area contributed by atoms with Gasteiger partial charge >= 0.3 is 0 Å². The van der Waals surface area contributed by atoms with Crippen LogP contribution in [0.1, 0.15) is 11.1 Å². The Balaban J connectivity index is 1.70. The molecule has 2 fully saturated rings. The number of fused-ring (bicyclic) bond motifs is 1. The Bertz CT molecular complexity index is 482. The molecule has 1 N–H and O–H groups in total. The van der Waals surface area contributed by atoms with E-state index in [0.717, 1.165) is 50.1 Å². The molecule has 1 aromatic carbocycles. The van der Waals surface area contributed by atoms with Crippen molar-refractivity contribution in [3.63, 3.8) is 0 Å². The van der Waals surface area contributed by atoms with E-state index in [9.17, 15) is 4.39 Å². The lowest BCUT2D eigenvalue weighted by molar-refractivity contribution is 0.305. The third kappa shape index (κ3) is 2.24. The van der Waals surface area contributed by atoms with Gasteiger partial charge < -0.3 is 5.32 Å². The predicted octanol–water partition coefficient (Wildman–Crippen LogP) is 1.35. The first-order valence-corrected chi connectivity index (χ1v) is 6.37. The molecule has 0 aliphatic carbocycles. The number of nitrogens with zero attached hydrogens (tertiary/aromatic N) is 2. The minimum absolute atomic E-state index is 0.315. The van der Waals surface area contributed by atoms with Crippen molar-refractivity contribution in [2.24, 2.45) is 11.8 Å². The molecular weight excluding hydrogens is 229 g/mol. The molecule has 2 heterocycles. The van der Waals surface area contributed by atoms with Crippen LogP contribution < -0.4 is 5.32 Å². The Labute approximate surface area is 106 Å². The van der Waals surface area contributed by atoms with Crippen LogP contribution in [0, 0.1) is 29.0 Å². The largest absolute Gasteiger partial charge is 0.316 e. The quantitative estimate of drug-likeness (QED) is 0.855. The fourth-order valence-electron chi connectivity index (χ4n) is 3.15. The van der Waals surface area contributed by atoms with Gasteiger partial charge in [0.25, 0.3) is 0 Å². The lowest BCUT2D eigenvalue weighted by Crippen LogP contribution is -2.25. The predicted molar refractivity (Wildman–Crippen MR) is 66.2 cm³/mol. The minimum atomic E-state index is -0.315. The normalized spacial score (nSPS) is 27.1. The second-order valence-electron chi connectivity index (χ2n) is 5.33. The minimum Gasteiger partial charge on any atom is -0.316 e. The smallest absolute Gasteiger partial charge is 0.124 e. The lowest BCUT2D eigenvalue weighted by Gasteiger charge is -2.17. The van der Waals surface area contributed by atoms with E-state index in [-0.39, 0.29) is 5.82 Å². The van der Waals surface area contributed by atoms with E-state index in [1.807, 2.05) is 6.07 Å². The van der Waals surface area contributed by atoms with Crippen LogP contribution in [0.3, 0.4) is 0 Å². The summed E-state index contributed by atoms with van der Waals surface area (Å²) in [6, 6.07) is 6.61. The SMILES string of the molecule is N#Cc1cc(F)cc(CN2C[C@H]3CNC[C@H]3C2)c1. The van der Waals surface area contributed by atoms with E-state index in [0.29, 0.717) is 5.56 Å². The van der Waals surface area contributed by atoms with Gasteiger partial charge in [-0.15, -0.1) is 0 Å². The summed E-state index contributed by atoms with van der Waals surface area (Å²) in [5.41, 5.74) is 1.31. The Morgan fingerprint density at radius 1 is 1.28 bits per heavy atom. The zero-order valence-corrected chi connectivity index (χ0v) is 10.2. The van der Waals surface area contributed by atoms with Crippen molar-refractivity contribution in [2.45, 2.75) is 6.54 Å². The maximum Gasteiger partial charge on any atom is 0.124 e. The maximum atomic E-state index is 13.3. The molecule has 0 aromatic heterocycles.